The lowest BCUT2D eigenvalue weighted by atomic mass is 9.95. The average Bonchev–Trinajstić information content (AvgIpc) is 3.23. The predicted octanol–water partition coefficient (Wildman–Crippen LogP) is 5.94. The summed E-state index contributed by atoms with van der Waals surface area (Å²) in [6.45, 7) is 3.06. The van der Waals surface area contributed by atoms with Crippen molar-refractivity contribution in [3.8, 4) is 17.2 Å². The highest BCUT2D eigenvalue weighted by molar-refractivity contribution is 6.46. The van der Waals surface area contributed by atoms with Gasteiger partial charge in [-0.15, -0.1) is 0 Å². The van der Waals surface area contributed by atoms with Crippen LogP contribution in [0.2, 0.25) is 0 Å². The molecule has 7 heteroatoms. The van der Waals surface area contributed by atoms with E-state index in [1.54, 1.807) is 50.6 Å². The van der Waals surface area contributed by atoms with Gasteiger partial charge in [0.2, 0.25) is 0 Å². The molecule has 1 atom stereocenters. The third-order valence-corrected chi connectivity index (χ3v) is 6.92. The number of carbonyl (C=O) groups is 2. The van der Waals surface area contributed by atoms with Crippen molar-refractivity contribution in [1.29, 1.82) is 0 Å². The molecule has 0 saturated carbocycles. The number of unbranched alkanes of at least 4 members (excludes halogenated alkanes) is 2. The molecule has 4 rings (SSSR count). The lowest BCUT2D eigenvalue weighted by Gasteiger charge is -2.25. The van der Waals surface area contributed by atoms with Gasteiger partial charge in [0, 0.05) is 12.1 Å². The van der Waals surface area contributed by atoms with Gasteiger partial charge in [0.05, 0.1) is 32.4 Å². The summed E-state index contributed by atoms with van der Waals surface area (Å²) in [5.41, 5.74) is 2.22. The molecule has 204 valence electrons. The van der Waals surface area contributed by atoms with Crippen LogP contribution in [0.5, 0.6) is 17.2 Å². The van der Waals surface area contributed by atoms with Crippen LogP contribution in [-0.2, 0) is 16.0 Å². The van der Waals surface area contributed by atoms with E-state index in [0.29, 0.717) is 42.2 Å². The standard InChI is InChI=1S/C32H35NO6/c1-4-5-6-21-39-27-17-11-24(12-18-27)30(34)28-29(23-9-15-26(38-3)16-10-23)33(32(36)31(28)35)20-19-22-7-13-25(37-2)14-8-22/h7-18,29,34H,4-6,19-21H2,1-3H3/b30-28-. The molecule has 0 bridgehead atoms. The van der Waals surface area contributed by atoms with E-state index in [9.17, 15) is 14.7 Å². The van der Waals surface area contributed by atoms with Gasteiger partial charge >= 0.3 is 0 Å². The molecule has 3 aromatic rings. The Labute approximate surface area is 229 Å². The SMILES string of the molecule is CCCCCOc1ccc(/C(O)=C2/C(=O)C(=O)N(CCc3ccc(OC)cc3)C2c2ccc(OC)cc2)cc1. The fraction of sp³-hybridized carbons (Fsp3) is 0.312. The largest absolute Gasteiger partial charge is 0.507 e. The Morgan fingerprint density at radius 2 is 1.41 bits per heavy atom. The van der Waals surface area contributed by atoms with E-state index in [0.717, 1.165) is 30.6 Å². The van der Waals surface area contributed by atoms with Gasteiger partial charge < -0.3 is 24.2 Å². The van der Waals surface area contributed by atoms with Crippen LogP contribution in [0.25, 0.3) is 5.76 Å². The number of likely N-dealkylation sites (tertiary alicyclic amines) is 1. The second-order valence-corrected chi connectivity index (χ2v) is 9.44. The van der Waals surface area contributed by atoms with Gasteiger partial charge in [-0.25, -0.2) is 0 Å². The van der Waals surface area contributed by atoms with Crippen molar-refractivity contribution in [2.75, 3.05) is 27.4 Å². The van der Waals surface area contributed by atoms with Crippen molar-refractivity contribution >= 4 is 17.4 Å². The van der Waals surface area contributed by atoms with Gasteiger partial charge in [0.1, 0.15) is 23.0 Å². The van der Waals surface area contributed by atoms with Crippen molar-refractivity contribution in [2.45, 2.75) is 38.6 Å². The molecular formula is C32H35NO6. The summed E-state index contributed by atoms with van der Waals surface area (Å²) < 4.78 is 16.3. The van der Waals surface area contributed by atoms with Gasteiger partial charge in [0.15, 0.2) is 0 Å². The predicted molar refractivity (Wildman–Crippen MR) is 150 cm³/mol. The molecule has 1 fully saturated rings. The quantitative estimate of drug-likeness (QED) is 0.135. The summed E-state index contributed by atoms with van der Waals surface area (Å²) >= 11 is 0. The maximum atomic E-state index is 13.3. The molecule has 0 spiro atoms. The molecule has 1 aliphatic rings. The molecule has 1 amide bonds. The van der Waals surface area contributed by atoms with Crippen LogP contribution in [0.1, 0.15) is 48.9 Å². The van der Waals surface area contributed by atoms with Crippen LogP contribution in [0.3, 0.4) is 0 Å². The second-order valence-electron chi connectivity index (χ2n) is 9.44. The van der Waals surface area contributed by atoms with E-state index in [1.807, 2.05) is 36.4 Å². The molecule has 1 N–H and O–H groups in total. The molecular weight excluding hydrogens is 494 g/mol. The van der Waals surface area contributed by atoms with E-state index < -0.39 is 17.7 Å². The van der Waals surface area contributed by atoms with Gasteiger partial charge in [0.25, 0.3) is 11.7 Å². The van der Waals surface area contributed by atoms with Crippen LogP contribution in [-0.4, -0.2) is 49.1 Å². The normalized spacial score (nSPS) is 16.4. The molecule has 7 nitrogen and oxygen atoms in total. The topological polar surface area (TPSA) is 85.3 Å². The third kappa shape index (κ3) is 6.42. The second kappa shape index (κ2) is 13.0. The van der Waals surface area contributed by atoms with Crippen LogP contribution in [0, 0.1) is 0 Å². The minimum Gasteiger partial charge on any atom is -0.507 e. The Morgan fingerprint density at radius 1 is 0.821 bits per heavy atom. The molecule has 0 aromatic heterocycles. The minimum atomic E-state index is -0.737. The van der Waals surface area contributed by atoms with E-state index in [2.05, 4.69) is 6.92 Å². The molecule has 1 saturated heterocycles. The maximum absolute atomic E-state index is 13.3. The highest BCUT2D eigenvalue weighted by Crippen LogP contribution is 2.40. The summed E-state index contributed by atoms with van der Waals surface area (Å²) in [6.07, 6.45) is 3.72. The number of Topliss-reactive ketones (excluding diaryl/α,β-unsaturated/α-hetero) is 1. The van der Waals surface area contributed by atoms with Crippen molar-refractivity contribution in [2.24, 2.45) is 0 Å². The zero-order valence-electron chi connectivity index (χ0n) is 22.7. The monoisotopic (exact) mass is 529 g/mol. The Kier molecular flexibility index (Phi) is 9.26. The smallest absolute Gasteiger partial charge is 0.295 e. The Hall–Kier alpha value is -4.26. The first-order chi connectivity index (χ1) is 19.0. The number of benzene rings is 3. The fourth-order valence-electron chi connectivity index (χ4n) is 4.69. The van der Waals surface area contributed by atoms with Crippen LogP contribution < -0.4 is 14.2 Å². The number of nitrogens with zero attached hydrogens (tertiary/aromatic N) is 1. The minimum absolute atomic E-state index is 0.0662. The number of ketones is 1. The van der Waals surface area contributed by atoms with E-state index >= 15 is 0 Å². The fourth-order valence-corrected chi connectivity index (χ4v) is 4.69. The molecule has 3 aromatic carbocycles. The molecule has 1 aliphatic heterocycles. The summed E-state index contributed by atoms with van der Waals surface area (Å²) in [6, 6.07) is 21.0. The number of hydrogen-bond donors (Lipinski definition) is 1. The summed E-state index contributed by atoms with van der Waals surface area (Å²) in [7, 11) is 3.19. The average molecular weight is 530 g/mol. The zero-order chi connectivity index (χ0) is 27.8. The highest BCUT2D eigenvalue weighted by Gasteiger charge is 2.45. The number of carbonyl (C=O) groups excluding carboxylic acids is 2. The first kappa shape index (κ1) is 27.8. The first-order valence-electron chi connectivity index (χ1n) is 13.2. The number of amides is 1. The van der Waals surface area contributed by atoms with Crippen molar-refractivity contribution in [3.63, 3.8) is 0 Å². The van der Waals surface area contributed by atoms with Gasteiger partial charge in [-0.3, -0.25) is 9.59 Å². The molecule has 39 heavy (non-hydrogen) atoms. The lowest BCUT2D eigenvalue weighted by molar-refractivity contribution is -0.139. The Balaban J connectivity index is 1.65. The molecule has 1 heterocycles. The number of hydrogen-bond acceptors (Lipinski definition) is 6. The van der Waals surface area contributed by atoms with Crippen LogP contribution in [0.15, 0.2) is 78.4 Å². The van der Waals surface area contributed by atoms with Gasteiger partial charge in [-0.2, -0.15) is 0 Å². The zero-order valence-corrected chi connectivity index (χ0v) is 22.7. The maximum Gasteiger partial charge on any atom is 0.295 e. The van der Waals surface area contributed by atoms with Gasteiger partial charge in [-0.1, -0.05) is 44.0 Å². The Morgan fingerprint density at radius 3 is 2.00 bits per heavy atom. The number of ether oxygens (including phenoxy) is 3. The summed E-state index contributed by atoms with van der Waals surface area (Å²) in [4.78, 5) is 28.1. The van der Waals surface area contributed by atoms with Crippen LogP contribution in [0.4, 0.5) is 0 Å². The molecule has 1 unspecified atom stereocenters. The molecule has 0 radical (unpaired) electrons. The highest BCUT2D eigenvalue weighted by atomic mass is 16.5. The van der Waals surface area contributed by atoms with Gasteiger partial charge in [-0.05, 0) is 72.5 Å². The molecule has 0 aliphatic carbocycles. The van der Waals surface area contributed by atoms with Crippen LogP contribution >= 0.6 is 0 Å². The lowest BCUT2D eigenvalue weighted by Crippen LogP contribution is -2.31. The number of methoxy groups -OCH3 is 2. The first-order valence-corrected chi connectivity index (χ1v) is 13.2. The number of aliphatic hydroxyl groups is 1. The summed E-state index contributed by atoms with van der Waals surface area (Å²) in [5.74, 6) is 0.538. The van der Waals surface area contributed by atoms with Crippen molar-refractivity contribution in [3.05, 3.63) is 95.1 Å². The summed E-state index contributed by atoms with van der Waals surface area (Å²) in [5, 5.41) is 11.3. The van der Waals surface area contributed by atoms with E-state index in [4.69, 9.17) is 14.2 Å². The van der Waals surface area contributed by atoms with E-state index in [1.165, 1.54) is 4.90 Å². The third-order valence-electron chi connectivity index (χ3n) is 6.92. The van der Waals surface area contributed by atoms with E-state index in [-0.39, 0.29) is 11.3 Å². The van der Waals surface area contributed by atoms with Crippen molar-refractivity contribution < 1.29 is 28.9 Å². The number of rotatable bonds is 12. The van der Waals surface area contributed by atoms with Crippen molar-refractivity contribution in [1.82, 2.24) is 4.90 Å². The number of aliphatic hydroxyl groups excluding tert-OH is 1. The Bertz CT molecular complexity index is 1300.